The quantitative estimate of drug-likeness (QED) is 0.637. The van der Waals surface area contributed by atoms with Crippen molar-refractivity contribution in [2.45, 2.75) is 13.3 Å². The van der Waals surface area contributed by atoms with Crippen molar-refractivity contribution in [2.75, 3.05) is 18.1 Å². The molecule has 1 heterocycles. The lowest BCUT2D eigenvalue weighted by atomic mass is 10.1. The smallest absolute Gasteiger partial charge is 0.296 e. The molecule has 1 aliphatic rings. The minimum absolute atomic E-state index is 0.0281. The predicted octanol–water partition coefficient (Wildman–Crippen LogP) is 0.832. The zero-order valence-corrected chi connectivity index (χ0v) is 11.4. The number of hydrogen-bond acceptors (Lipinski definition) is 5. The Labute approximate surface area is 120 Å². The van der Waals surface area contributed by atoms with Gasteiger partial charge in [0.25, 0.3) is 5.69 Å². The van der Waals surface area contributed by atoms with Crippen LogP contribution in [-0.2, 0) is 9.59 Å². The number of carbonyl (C=O) groups excluding carboxylic acids is 2. The van der Waals surface area contributed by atoms with E-state index < -0.39 is 16.7 Å². The van der Waals surface area contributed by atoms with Crippen molar-refractivity contribution < 1.29 is 19.2 Å². The topological polar surface area (TPSA) is 116 Å². The van der Waals surface area contributed by atoms with Crippen molar-refractivity contribution in [3.05, 3.63) is 28.3 Å². The van der Waals surface area contributed by atoms with E-state index in [2.05, 4.69) is 0 Å². The van der Waals surface area contributed by atoms with Crippen LogP contribution < -0.4 is 15.4 Å². The van der Waals surface area contributed by atoms with E-state index in [4.69, 9.17) is 10.5 Å². The van der Waals surface area contributed by atoms with Gasteiger partial charge in [-0.2, -0.15) is 0 Å². The van der Waals surface area contributed by atoms with Crippen LogP contribution in [-0.4, -0.2) is 29.9 Å². The van der Waals surface area contributed by atoms with Gasteiger partial charge in [0.2, 0.25) is 11.8 Å². The third-order valence-corrected chi connectivity index (χ3v) is 3.27. The summed E-state index contributed by atoms with van der Waals surface area (Å²) < 4.78 is 5.22. The summed E-state index contributed by atoms with van der Waals surface area (Å²) in [5.74, 6) is -1.21. The molecule has 8 heteroatoms. The van der Waals surface area contributed by atoms with Gasteiger partial charge in [0.15, 0.2) is 0 Å². The average molecular weight is 293 g/mol. The molecule has 1 atom stereocenters. The summed E-state index contributed by atoms with van der Waals surface area (Å²) in [6.07, 6.45) is -0.0281. The Kier molecular flexibility index (Phi) is 4.06. The lowest BCUT2D eigenvalue weighted by Crippen LogP contribution is -2.28. The van der Waals surface area contributed by atoms with Crippen LogP contribution in [0, 0.1) is 16.0 Å². The number of benzene rings is 1. The maximum atomic E-state index is 11.9. The first-order valence-corrected chi connectivity index (χ1v) is 6.45. The molecular weight excluding hydrogens is 278 g/mol. The Balaban J connectivity index is 2.37. The van der Waals surface area contributed by atoms with E-state index in [0.29, 0.717) is 12.4 Å². The number of primary amides is 1. The second kappa shape index (κ2) is 5.78. The summed E-state index contributed by atoms with van der Waals surface area (Å²) in [7, 11) is 0. The maximum absolute atomic E-state index is 11.9. The molecule has 0 aromatic heterocycles. The minimum atomic E-state index is -0.622. The van der Waals surface area contributed by atoms with Crippen LogP contribution >= 0.6 is 0 Å². The number of nitrogens with zero attached hydrogens (tertiary/aromatic N) is 2. The van der Waals surface area contributed by atoms with Crippen LogP contribution in [0.15, 0.2) is 18.2 Å². The Morgan fingerprint density at radius 3 is 2.81 bits per heavy atom. The molecule has 0 bridgehead atoms. The van der Waals surface area contributed by atoms with Crippen molar-refractivity contribution in [2.24, 2.45) is 11.7 Å². The van der Waals surface area contributed by atoms with E-state index in [0.717, 1.165) is 0 Å². The minimum Gasteiger partial charge on any atom is -0.494 e. The normalized spacial score (nSPS) is 17.9. The van der Waals surface area contributed by atoms with Crippen molar-refractivity contribution in [1.29, 1.82) is 0 Å². The lowest BCUT2D eigenvalue weighted by molar-refractivity contribution is -0.384. The van der Waals surface area contributed by atoms with Crippen molar-refractivity contribution in [1.82, 2.24) is 0 Å². The van der Waals surface area contributed by atoms with Crippen LogP contribution in [0.2, 0.25) is 0 Å². The van der Waals surface area contributed by atoms with Crippen LogP contribution in [0.4, 0.5) is 11.4 Å². The van der Waals surface area contributed by atoms with Crippen molar-refractivity contribution >= 4 is 23.2 Å². The van der Waals surface area contributed by atoms with Crippen molar-refractivity contribution in [3.8, 4) is 5.75 Å². The highest BCUT2D eigenvalue weighted by molar-refractivity contribution is 6.01. The highest BCUT2D eigenvalue weighted by Crippen LogP contribution is 2.35. The molecule has 21 heavy (non-hydrogen) atoms. The largest absolute Gasteiger partial charge is 0.494 e. The fraction of sp³-hybridized carbons (Fsp3) is 0.385. The molecule has 0 unspecified atom stereocenters. The van der Waals surface area contributed by atoms with Gasteiger partial charge in [0.1, 0.15) is 11.4 Å². The number of hydrogen-bond donors (Lipinski definition) is 1. The number of nitro benzene ring substituents is 1. The van der Waals surface area contributed by atoms with E-state index in [1.165, 1.54) is 17.0 Å². The van der Waals surface area contributed by atoms with Gasteiger partial charge in [-0.1, -0.05) is 0 Å². The number of rotatable bonds is 5. The summed E-state index contributed by atoms with van der Waals surface area (Å²) in [5, 5.41) is 11.2. The van der Waals surface area contributed by atoms with E-state index in [-0.39, 0.29) is 30.2 Å². The van der Waals surface area contributed by atoms with E-state index in [1.807, 2.05) is 0 Å². The highest BCUT2D eigenvalue weighted by atomic mass is 16.6. The third-order valence-electron chi connectivity index (χ3n) is 3.27. The van der Waals surface area contributed by atoms with Crippen LogP contribution in [0.25, 0.3) is 0 Å². The molecule has 1 saturated heterocycles. The van der Waals surface area contributed by atoms with Gasteiger partial charge >= 0.3 is 0 Å². The van der Waals surface area contributed by atoms with Gasteiger partial charge in [-0.15, -0.1) is 0 Å². The fourth-order valence-electron chi connectivity index (χ4n) is 2.27. The number of amides is 2. The monoisotopic (exact) mass is 293 g/mol. The second-order valence-electron chi connectivity index (χ2n) is 4.65. The zero-order chi connectivity index (χ0) is 15.6. The first-order chi connectivity index (χ1) is 9.93. The Bertz CT molecular complexity index is 601. The van der Waals surface area contributed by atoms with Crippen LogP contribution in [0.5, 0.6) is 5.75 Å². The van der Waals surface area contributed by atoms with E-state index in [1.54, 1.807) is 13.0 Å². The number of ether oxygens (including phenoxy) is 1. The molecule has 0 saturated carbocycles. The first-order valence-electron chi connectivity index (χ1n) is 6.45. The predicted molar refractivity (Wildman–Crippen MR) is 73.9 cm³/mol. The van der Waals surface area contributed by atoms with Gasteiger partial charge < -0.3 is 15.4 Å². The molecule has 2 rings (SSSR count). The van der Waals surface area contributed by atoms with Gasteiger partial charge in [-0.05, 0) is 19.1 Å². The van der Waals surface area contributed by atoms with Crippen LogP contribution in [0.3, 0.4) is 0 Å². The zero-order valence-electron chi connectivity index (χ0n) is 11.4. The van der Waals surface area contributed by atoms with Gasteiger partial charge in [-0.3, -0.25) is 19.7 Å². The van der Waals surface area contributed by atoms with Crippen molar-refractivity contribution in [3.63, 3.8) is 0 Å². The maximum Gasteiger partial charge on any atom is 0.296 e. The SMILES string of the molecule is CCOc1ccc(N2C[C@H](C(N)=O)CC2=O)c([N+](=O)[O-])c1. The number of nitrogens with two attached hydrogens (primary N) is 1. The highest BCUT2D eigenvalue weighted by Gasteiger charge is 2.36. The number of anilines is 1. The van der Waals surface area contributed by atoms with Gasteiger partial charge in [-0.25, -0.2) is 0 Å². The molecule has 112 valence electrons. The standard InChI is InChI=1S/C13H15N3O5/c1-2-21-9-3-4-10(11(6-9)16(19)20)15-7-8(13(14)18)5-12(15)17/h3-4,6,8H,2,5,7H2,1H3,(H2,14,18)/t8-/m1/s1. The molecule has 2 amide bonds. The molecule has 0 spiro atoms. The Morgan fingerprint density at radius 1 is 1.57 bits per heavy atom. The second-order valence-corrected chi connectivity index (χ2v) is 4.65. The third kappa shape index (κ3) is 2.93. The lowest BCUT2D eigenvalue weighted by Gasteiger charge is -2.16. The average Bonchev–Trinajstić information content (AvgIpc) is 2.81. The number of carbonyl (C=O) groups is 2. The molecule has 2 N–H and O–H groups in total. The van der Waals surface area contributed by atoms with E-state index in [9.17, 15) is 19.7 Å². The van der Waals surface area contributed by atoms with Crippen LogP contribution in [0.1, 0.15) is 13.3 Å². The van der Waals surface area contributed by atoms with Gasteiger partial charge in [0, 0.05) is 13.0 Å². The number of nitro groups is 1. The summed E-state index contributed by atoms with van der Waals surface area (Å²) in [5.41, 5.74) is 5.10. The summed E-state index contributed by atoms with van der Waals surface area (Å²) >= 11 is 0. The summed E-state index contributed by atoms with van der Waals surface area (Å²) in [6, 6.07) is 4.27. The Morgan fingerprint density at radius 2 is 2.29 bits per heavy atom. The molecule has 1 fully saturated rings. The van der Waals surface area contributed by atoms with Gasteiger partial charge in [0.05, 0.1) is 23.5 Å². The molecule has 1 aromatic rings. The first kappa shape index (κ1) is 14.8. The molecule has 0 radical (unpaired) electrons. The fourth-order valence-corrected chi connectivity index (χ4v) is 2.27. The van der Waals surface area contributed by atoms with E-state index >= 15 is 0 Å². The summed E-state index contributed by atoms with van der Waals surface area (Å²) in [4.78, 5) is 34.9. The molecule has 8 nitrogen and oxygen atoms in total. The molecule has 1 aliphatic heterocycles. The summed E-state index contributed by atoms with van der Waals surface area (Å²) in [6.45, 7) is 2.20. The molecule has 1 aromatic carbocycles. The molecular formula is C13H15N3O5. The Hall–Kier alpha value is -2.64. The molecule has 0 aliphatic carbocycles.